The number of hydrogen-bond donors (Lipinski definition) is 1. The topological polar surface area (TPSA) is 26.0 Å². The Bertz CT molecular complexity index is 243. The lowest BCUT2D eigenvalue weighted by Crippen LogP contribution is -2.41. The highest BCUT2D eigenvalue weighted by Crippen LogP contribution is 2.64. The lowest BCUT2D eigenvalue weighted by Gasteiger charge is -2.41. The second-order valence-electron chi connectivity index (χ2n) is 7.93. The molecule has 0 aromatic heterocycles. The molecule has 0 amide bonds. The van der Waals surface area contributed by atoms with E-state index in [1.54, 1.807) is 0 Å². The number of hydrogen-bond acceptors (Lipinski definition) is 1. The largest absolute Gasteiger partial charge is 0.326 e. The highest BCUT2D eigenvalue weighted by Gasteiger charge is 2.54. The Balaban J connectivity index is 2.63. The summed E-state index contributed by atoms with van der Waals surface area (Å²) in [5, 5.41) is 0. The zero-order valence-corrected chi connectivity index (χ0v) is 12.9. The molecule has 17 heavy (non-hydrogen) atoms. The van der Waals surface area contributed by atoms with Gasteiger partial charge in [-0.05, 0) is 56.3 Å². The Kier molecular flexibility index (Phi) is 4.34. The lowest BCUT2D eigenvalue weighted by molar-refractivity contribution is 0.110. The van der Waals surface area contributed by atoms with Gasteiger partial charge >= 0.3 is 0 Å². The molecule has 1 fully saturated rings. The van der Waals surface area contributed by atoms with Gasteiger partial charge < -0.3 is 5.73 Å². The Morgan fingerprint density at radius 2 is 1.71 bits per heavy atom. The summed E-state index contributed by atoms with van der Waals surface area (Å²) in [4.78, 5) is 0. The van der Waals surface area contributed by atoms with Crippen LogP contribution in [-0.4, -0.2) is 5.54 Å². The SMILES string of the molecule is CCCC(C)CC1(C(C)(C)CC(C)(C)N)CC1. The molecule has 0 spiro atoms. The minimum Gasteiger partial charge on any atom is -0.326 e. The van der Waals surface area contributed by atoms with Crippen LogP contribution in [0.4, 0.5) is 0 Å². The maximum absolute atomic E-state index is 6.24. The van der Waals surface area contributed by atoms with Crippen molar-refractivity contribution in [3.63, 3.8) is 0 Å². The van der Waals surface area contributed by atoms with Crippen LogP contribution in [0.15, 0.2) is 0 Å². The van der Waals surface area contributed by atoms with Gasteiger partial charge in [0.1, 0.15) is 0 Å². The van der Waals surface area contributed by atoms with E-state index in [-0.39, 0.29) is 5.54 Å². The molecule has 0 aromatic rings. The average molecular weight is 239 g/mol. The molecule has 1 aliphatic carbocycles. The fourth-order valence-electron chi connectivity index (χ4n) is 3.90. The first-order valence-electron chi connectivity index (χ1n) is 7.41. The van der Waals surface area contributed by atoms with Crippen molar-refractivity contribution in [3.8, 4) is 0 Å². The molecular weight excluding hydrogens is 206 g/mol. The maximum Gasteiger partial charge on any atom is 0.0102 e. The van der Waals surface area contributed by atoms with Gasteiger partial charge in [0.25, 0.3) is 0 Å². The maximum atomic E-state index is 6.24. The van der Waals surface area contributed by atoms with Gasteiger partial charge in [-0.2, -0.15) is 0 Å². The first-order chi connectivity index (χ1) is 7.62. The van der Waals surface area contributed by atoms with Crippen LogP contribution in [0.25, 0.3) is 0 Å². The van der Waals surface area contributed by atoms with E-state index in [0.717, 1.165) is 12.3 Å². The fraction of sp³-hybridized carbons (Fsp3) is 1.00. The molecule has 2 N–H and O–H groups in total. The minimum atomic E-state index is -0.0346. The van der Waals surface area contributed by atoms with Gasteiger partial charge in [-0.3, -0.25) is 0 Å². The van der Waals surface area contributed by atoms with E-state index in [1.165, 1.54) is 32.1 Å². The van der Waals surface area contributed by atoms with Crippen molar-refractivity contribution in [3.05, 3.63) is 0 Å². The summed E-state index contributed by atoms with van der Waals surface area (Å²) in [5.41, 5.74) is 7.19. The smallest absolute Gasteiger partial charge is 0.0102 e. The molecule has 1 atom stereocenters. The Labute approximate surface area is 109 Å². The molecule has 1 rings (SSSR count). The summed E-state index contributed by atoms with van der Waals surface area (Å²) in [6.07, 6.45) is 8.08. The highest BCUT2D eigenvalue weighted by molar-refractivity contribution is 5.05. The van der Waals surface area contributed by atoms with Crippen molar-refractivity contribution < 1.29 is 0 Å². The summed E-state index contributed by atoms with van der Waals surface area (Å²) in [6, 6.07) is 0. The Hall–Kier alpha value is -0.0400. The van der Waals surface area contributed by atoms with E-state index < -0.39 is 0 Å². The third-order valence-corrected chi connectivity index (χ3v) is 4.71. The lowest BCUT2D eigenvalue weighted by atomic mass is 9.66. The van der Waals surface area contributed by atoms with Gasteiger partial charge in [0.2, 0.25) is 0 Å². The monoisotopic (exact) mass is 239 g/mol. The molecule has 0 saturated heterocycles. The second kappa shape index (κ2) is 4.91. The molecule has 0 radical (unpaired) electrons. The summed E-state index contributed by atoms with van der Waals surface area (Å²) in [5.74, 6) is 0.877. The molecule has 1 saturated carbocycles. The molecule has 0 aromatic carbocycles. The predicted molar refractivity (Wildman–Crippen MR) is 77.0 cm³/mol. The molecule has 1 unspecified atom stereocenters. The first kappa shape index (κ1) is 15.0. The predicted octanol–water partition coefficient (Wildman–Crippen LogP) is 4.75. The molecule has 0 bridgehead atoms. The second-order valence-corrected chi connectivity index (χ2v) is 7.93. The van der Waals surface area contributed by atoms with Crippen LogP contribution in [0.3, 0.4) is 0 Å². The van der Waals surface area contributed by atoms with Gasteiger partial charge in [0.15, 0.2) is 0 Å². The van der Waals surface area contributed by atoms with Gasteiger partial charge in [-0.15, -0.1) is 0 Å². The molecule has 1 aliphatic rings. The molecule has 1 heteroatoms. The quantitative estimate of drug-likeness (QED) is 0.682. The van der Waals surface area contributed by atoms with Crippen LogP contribution >= 0.6 is 0 Å². The third kappa shape index (κ3) is 3.98. The molecule has 1 nitrogen and oxygen atoms in total. The van der Waals surface area contributed by atoms with E-state index in [1.807, 2.05) is 0 Å². The van der Waals surface area contributed by atoms with Crippen molar-refractivity contribution in [2.24, 2.45) is 22.5 Å². The first-order valence-corrected chi connectivity index (χ1v) is 7.41. The normalized spacial score (nSPS) is 21.4. The van der Waals surface area contributed by atoms with Crippen molar-refractivity contribution >= 4 is 0 Å². The Morgan fingerprint density at radius 1 is 1.18 bits per heavy atom. The molecule has 0 aliphatic heterocycles. The van der Waals surface area contributed by atoms with Crippen LogP contribution in [0.5, 0.6) is 0 Å². The van der Waals surface area contributed by atoms with E-state index in [0.29, 0.717) is 10.8 Å². The van der Waals surface area contributed by atoms with Crippen molar-refractivity contribution in [2.75, 3.05) is 0 Å². The summed E-state index contributed by atoms with van der Waals surface area (Å²) < 4.78 is 0. The van der Waals surface area contributed by atoms with Crippen LogP contribution in [0.1, 0.15) is 80.1 Å². The van der Waals surface area contributed by atoms with E-state index in [4.69, 9.17) is 5.73 Å². The van der Waals surface area contributed by atoms with Crippen LogP contribution in [0, 0.1) is 16.7 Å². The van der Waals surface area contributed by atoms with E-state index in [9.17, 15) is 0 Å². The van der Waals surface area contributed by atoms with E-state index >= 15 is 0 Å². The molecular formula is C16H33N. The summed E-state index contributed by atoms with van der Waals surface area (Å²) in [7, 11) is 0. The third-order valence-electron chi connectivity index (χ3n) is 4.71. The highest BCUT2D eigenvalue weighted by atomic mass is 14.7. The van der Waals surface area contributed by atoms with Crippen molar-refractivity contribution in [1.82, 2.24) is 0 Å². The van der Waals surface area contributed by atoms with Gasteiger partial charge in [-0.1, -0.05) is 40.5 Å². The van der Waals surface area contributed by atoms with Gasteiger partial charge in [0.05, 0.1) is 0 Å². The van der Waals surface area contributed by atoms with Gasteiger partial charge in [-0.25, -0.2) is 0 Å². The molecule has 0 heterocycles. The summed E-state index contributed by atoms with van der Waals surface area (Å²) >= 11 is 0. The standard InChI is InChI=1S/C16H33N/c1-7-8-13(2)11-16(9-10-16)14(3,4)12-15(5,6)17/h13H,7-12,17H2,1-6H3. The van der Waals surface area contributed by atoms with Crippen LogP contribution in [0.2, 0.25) is 0 Å². The van der Waals surface area contributed by atoms with Crippen molar-refractivity contribution in [2.45, 2.75) is 85.6 Å². The van der Waals surface area contributed by atoms with Crippen molar-refractivity contribution in [1.29, 1.82) is 0 Å². The zero-order chi connectivity index (χ0) is 13.3. The average Bonchev–Trinajstić information content (AvgIpc) is 2.81. The number of rotatable bonds is 7. The van der Waals surface area contributed by atoms with E-state index in [2.05, 4.69) is 41.5 Å². The van der Waals surface area contributed by atoms with Crippen LogP contribution < -0.4 is 5.73 Å². The molecule has 102 valence electrons. The number of nitrogens with two attached hydrogens (primary N) is 1. The Morgan fingerprint density at radius 3 is 2.06 bits per heavy atom. The zero-order valence-electron chi connectivity index (χ0n) is 12.9. The fourth-order valence-corrected chi connectivity index (χ4v) is 3.90. The van der Waals surface area contributed by atoms with Crippen LogP contribution in [-0.2, 0) is 0 Å². The van der Waals surface area contributed by atoms with Gasteiger partial charge in [0, 0.05) is 5.54 Å². The minimum absolute atomic E-state index is 0.0346. The summed E-state index contributed by atoms with van der Waals surface area (Å²) in [6.45, 7) is 13.9.